The van der Waals surface area contributed by atoms with Gasteiger partial charge in [-0.05, 0) is 51.9 Å². The van der Waals surface area contributed by atoms with Gasteiger partial charge in [0.2, 0.25) is 0 Å². The lowest BCUT2D eigenvalue weighted by Gasteiger charge is -2.25. The molecule has 1 N–H and O–H groups in total. The third-order valence-electron chi connectivity index (χ3n) is 3.50. The predicted molar refractivity (Wildman–Crippen MR) is 76.0 cm³/mol. The molecule has 1 aromatic rings. The molecule has 2 rings (SSSR count). The van der Waals surface area contributed by atoms with Crippen molar-refractivity contribution in [2.45, 2.75) is 38.8 Å². The Bertz CT molecular complexity index is 347. The number of halogens is 1. The third kappa shape index (κ3) is 3.68. The Balaban J connectivity index is 1.77. The maximum atomic E-state index is 5.95. The monoisotopic (exact) mass is 272 g/mol. The molecular weight excluding hydrogens is 252 g/mol. The van der Waals surface area contributed by atoms with Crippen LogP contribution in [0.1, 0.15) is 37.6 Å². The van der Waals surface area contributed by atoms with Crippen LogP contribution in [0.4, 0.5) is 0 Å². The lowest BCUT2D eigenvalue weighted by Crippen LogP contribution is -2.39. The molecule has 0 spiro atoms. The number of likely N-dealkylation sites (tertiary alicyclic amines) is 1. The Morgan fingerprint density at radius 1 is 1.35 bits per heavy atom. The average molecular weight is 273 g/mol. The van der Waals surface area contributed by atoms with Crippen LogP contribution < -0.4 is 5.32 Å². The third-order valence-corrected chi connectivity index (χ3v) is 4.92. The highest BCUT2D eigenvalue weighted by atomic mass is 35.5. The van der Waals surface area contributed by atoms with Gasteiger partial charge < -0.3 is 5.32 Å². The van der Waals surface area contributed by atoms with Crippen molar-refractivity contribution in [1.29, 1.82) is 0 Å². The molecule has 2 nitrogen and oxygen atoms in total. The highest BCUT2D eigenvalue weighted by Gasteiger charge is 2.18. The van der Waals surface area contributed by atoms with Gasteiger partial charge in [0.25, 0.3) is 0 Å². The highest BCUT2D eigenvalue weighted by molar-refractivity contribution is 7.16. The maximum Gasteiger partial charge on any atom is 0.0931 e. The molecular formula is C13H21ClN2S. The van der Waals surface area contributed by atoms with Crippen molar-refractivity contribution in [2.75, 3.05) is 19.6 Å². The van der Waals surface area contributed by atoms with Gasteiger partial charge in [-0.2, -0.15) is 0 Å². The van der Waals surface area contributed by atoms with Gasteiger partial charge >= 0.3 is 0 Å². The molecule has 0 bridgehead atoms. The van der Waals surface area contributed by atoms with E-state index in [1.165, 1.54) is 30.8 Å². The Labute approximate surface area is 113 Å². The summed E-state index contributed by atoms with van der Waals surface area (Å²) in [6, 6.07) is 5.13. The summed E-state index contributed by atoms with van der Waals surface area (Å²) in [5, 5.41) is 3.60. The first kappa shape index (κ1) is 13.3. The van der Waals surface area contributed by atoms with Crippen LogP contribution in [0.2, 0.25) is 4.34 Å². The topological polar surface area (TPSA) is 15.3 Å². The lowest BCUT2D eigenvalue weighted by molar-refractivity contribution is 0.247. The highest BCUT2D eigenvalue weighted by Crippen LogP contribution is 2.26. The van der Waals surface area contributed by atoms with Crippen molar-refractivity contribution in [3.05, 3.63) is 21.3 Å². The van der Waals surface area contributed by atoms with E-state index in [0.29, 0.717) is 12.1 Å². The zero-order valence-corrected chi connectivity index (χ0v) is 12.2. The molecule has 1 fully saturated rings. The van der Waals surface area contributed by atoms with Gasteiger partial charge in [0, 0.05) is 23.5 Å². The second kappa shape index (κ2) is 6.19. The summed E-state index contributed by atoms with van der Waals surface area (Å²) in [5.41, 5.74) is 0. The van der Waals surface area contributed by atoms with E-state index in [4.69, 9.17) is 11.6 Å². The molecule has 2 heterocycles. The Morgan fingerprint density at radius 3 is 2.65 bits per heavy atom. The number of hydrogen-bond donors (Lipinski definition) is 1. The molecule has 0 aromatic carbocycles. The second-order valence-electron chi connectivity index (χ2n) is 4.86. The van der Waals surface area contributed by atoms with Crippen molar-refractivity contribution in [1.82, 2.24) is 10.2 Å². The molecule has 4 heteroatoms. The smallest absolute Gasteiger partial charge is 0.0931 e. The van der Waals surface area contributed by atoms with Gasteiger partial charge in [0.05, 0.1) is 4.34 Å². The number of hydrogen-bond acceptors (Lipinski definition) is 3. The van der Waals surface area contributed by atoms with Crippen LogP contribution >= 0.6 is 22.9 Å². The molecule has 0 amide bonds. The van der Waals surface area contributed by atoms with Crippen LogP contribution in [0, 0.1) is 0 Å². The summed E-state index contributed by atoms with van der Waals surface area (Å²) in [7, 11) is 0. The first-order chi connectivity index (χ1) is 8.16. The minimum Gasteiger partial charge on any atom is -0.308 e. The standard InChI is InChI=1S/C13H21ClN2S/c1-10(16-7-3-4-8-16)9-15-11(2)12-5-6-13(14)17-12/h5-6,10-11,15H,3-4,7-9H2,1-2H3. The average Bonchev–Trinajstić information content (AvgIpc) is 2.95. The van der Waals surface area contributed by atoms with Gasteiger partial charge in [-0.1, -0.05) is 11.6 Å². The molecule has 1 aromatic heterocycles. The molecule has 2 atom stereocenters. The molecule has 96 valence electrons. The molecule has 1 saturated heterocycles. The summed E-state index contributed by atoms with van der Waals surface area (Å²) in [5.74, 6) is 0. The molecule has 0 saturated carbocycles. The van der Waals surface area contributed by atoms with Crippen molar-refractivity contribution in [2.24, 2.45) is 0 Å². The normalized spacial score (nSPS) is 20.6. The number of nitrogens with one attached hydrogen (secondary N) is 1. The summed E-state index contributed by atoms with van der Waals surface area (Å²) in [6.07, 6.45) is 2.72. The van der Waals surface area contributed by atoms with E-state index >= 15 is 0 Å². The van der Waals surface area contributed by atoms with Crippen LogP contribution in [0.5, 0.6) is 0 Å². The quantitative estimate of drug-likeness (QED) is 0.882. The van der Waals surface area contributed by atoms with Gasteiger partial charge in [-0.15, -0.1) is 11.3 Å². The molecule has 1 aliphatic heterocycles. The second-order valence-corrected chi connectivity index (χ2v) is 6.61. The molecule has 2 unspecified atom stereocenters. The minimum absolute atomic E-state index is 0.401. The van der Waals surface area contributed by atoms with Crippen LogP contribution in [-0.2, 0) is 0 Å². The Hall–Kier alpha value is -0.0900. The van der Waals surface area contributed by atoms with E-state index in [0.717, 1.165) is 10.9 Å². The lowest BCUT2D eigenvalue weighted by atomic mass is 10.2. The molecule has 17 heavy (non-hydrogen) atoms. The van der Waals surface area contributed by atoms with Crippen molar-refractivity contribution < 1.29 is 0 Å². The fraction of sp³-hybridized carbons (Fsp3) is 0.692. The zero-order chi connectivity index (χ0) is 12.3. The summed E-state index contributed by atoms with van der Waals surface area (Å²) >= 11 is 7.62. The van der Waals surface area contributed by atoms with Crippen LogP contribution in [-0.4, -0.2) is 30.6 Å². The van der Waals surface area contributed by atoms with Gasteiger partial charge in [-0.25, -0.2) is 0 Å². The van der Waals surface area contributed by atoms with Gasteiger partial charge in [-0.3, -0.25) is 4.90 Å². The Kier molecular flexibility index (Phi) is 4.86. The van der Waals surface area contributed by atoms with Crippen molar-refractivity contribution >= 4 is 22.9 Å². The first-order valence-corrected chi connectivity index (χ1v) is 7.59. The zero-order valence-electron chi connectivity index (χ0n) is 10.6. The van der Waals surface area contributed by atoms with E-state index in [-0.39, 0.29) is 0 Å². The van der Waals surface area contributed by atoms with E-state index in [1.54, 1.807) is 11.3 Å². The van der Waals surface area contributed by atoms with Crippen molar-refractivity contribution in [3.63, 3.8) is 0 Å². The van der Waals surface area contributed by atoms with E-state index < -0.39 is 0 Å². The molecule has 0 radical (unpaired) electrons. The van der Waals surface area contributed by atoms with Gasteiger partial charge in [0.1, 0.15) is 0 Å². The van der Waals surface area contributed by atoms with Crippen LogP contribution in [0.3, 0.4) is 0 Å². The fourth-order valence-corrected chi connectivity index (χ4v) is 3.41. The summed E-state index contributed by atoms with van der Waals surface area (Å²) in [4.78, 5) is 3.89. The largest absolute Gasteiger partial charge is 0.308 e. The number of nitrogens with zero attached hydrogens (tertiary/aromatic N) is 1. The molecule has 1 aliphatic rings. The number of rotatable bonds is 5. The molecule has 0 aliphatic carbocycles. The van der Waals surface area contributed by atoms with Crippen molar-refractivity contribution in [3.8, 4) is 0 Å². The summed E-state index contributed by atoms with van der Waals surface area (Å²) < 4.78 is 0.876. The summed E-state index contributed by atoms with van der Waals surface area (Å²) in [6.45, 7) is 8.10. The minimum atomic E-state index is 0.401. The van der Waals surface area contributed by atoms with Crippen LogP contribution in [0.25, 0.3) is 0 Å². The predicted octanol–water partition coefficient (Wildman–Crippen LogP) is 3.54. The van der Waals surface area contributed by atoms with E-state index in [9.17, 15) is 0 Å². The first-order valence-electron chi connectivity index (χ1n) is 6.39. The van der Waals surface area contributed by atoms with Crippen LogP contribution in [0.15, 0.2) is 12.1 Å². The van der Waals surface area contributed by atoms with E-state index in [1.807, 2.05) is 6.07 Å². The maximum absolute atomic E-state index is 5.95. The van der Waals surface area contributed by atoms with Gasteiger partial charge in [0.15, 0.2) is 0 Å². The SMILES string of the molecule is CC(NCC(C)N1CCCC1)c1ccc(Cl)s1. The van der Waals surface area contributed by atoms with E-state index in [2.05, 4.69) is 30.1 Å². The fourth-order valence-electron chi connectivity index (χ4n) is 2.32. The number of thiophene rings is 1. The Morgan fingerprint density at radius 2 is 2.06 bits per heavy atom.